The monoisotopic (exact) mass is 379 g/mol. The third-order valence-electron chi connectivity index (χ3n) is 3.64. The van der Waals surface area contributed by atoms with Crippen LogP contribution in [0.1, 0.15) is 25.0 Å². The molecule has 0 aromatic heterocycles. The summed E-state index contributed by atoms with van der Waals surface area (Å²) in [5.74, 6) is -0.303. The van der Waals surface area contributed by atoms with Gasteiger partial charge in [0.05, 0.1) is 6.26 Å². The van der Waals surface area contributed by atoms with E-state index in [1.54, 1.807) is 41.3 Å². The molecule has 7 heteroatoms. The highest BCUT2D eigenvalue weighted by atomic mass is 32.2. The number of rotatable bonds is 7. The lowest BCUT2D eigenvalue weighted by atomic mass is 10.1. The maximum absolute atomic E-state index is 13.1. The maximum Gasteiger partial charge on any atom is 0.306 e. The first kappa shape index (κ1) is 19.9. The van der Waals surface area contributed by atoms with Crippen molar-refractivity contribution in [2.24, 2.45) is 5.92 Å². The first-order valence-corrected chi connectivity index (χ1v) is 9.97. The van der Waals surface area contributed by atoms with Crippen molar-refractivity contribution in [2.75, 3.05) is 6.26 Å². The largest absolute Gasteiger partial charge is 0.383 e. The zero-order valence-electron chi connectivity index (χ0n) is 15.0. The maximum atomic E-state index is 13.1. The summed E-state index contributed by atoms with van der Waals surface area (Å²) in [4.78, 5) is 14.2. The molecule has 1 amide bonds. The highest BCUT2D eigenvalue weighted by Gasteiger charge is 2.18. The van der Waals surface area contributed by atoms with E-state index in [0.717, 1.165) is 17.4 Å². The zero-order valence-corrected chi connectivity index (χ0v) is 15.8. The van der Waals surface area contributed by atoms with Gasteiger partial charge in [0.2, 0.25) is 5.91 Å². The molecule has 0 spiro atoms. The summed E-state index contributed by atoms with van der Waals surface area (Å²) in [6, 6.07) is 12.6. The SMILES string of the molecule is CC(C)C(=O)N(Cc1ccc(F)cc1)Cc1ccc(OS(C)(=O)=O)cc1. The predicted molar refractivity (Wildman–Crippen MR) is 97.4 cm³/mol. The Bertz CT molecular complexity index is 846. The van der Waals surface area contributed by atoms with Gasteiger partial charge in [0.25, 0.3) is 0 Å². The molecule has 0 heterocycles. The summed E-state index contributed by atoms with van der Waals surface area (Å²) < 4.78 is 40.2. The lowest BCUT2D eigenvalue weighted by Gasteiger charge is -2.25. The lowest BCUT2D eigenvalue weighted by molar-refractivity contribution is -0.135. The Balaban J connectivity index is 2.15. The first-order chi connectivity index (χ1) is 12.1. The van der Waals surface area contributed by atoms with Gasteiger partial charge in [0.1, 0.15) is 11.6 Å². The van der Waals surface area contributed by atoms with Crippen LogP contribution < -0.4 is 4.18 Å². The fraction of sp³-hybridized carbons (Fsp3) is 0.316. The molecule has 0 bridgehead atoms. The summed E-state index contributed by atoms with van der Waals surface area (Å²) in [5, 5.41) is 0. The van der Waals surface area contributed by atoms with Gasteiger partial charge in [-0.2, -0.15) is 8.42 Å². The van der Waals surface area contributed by atoms with Crippen LogP contribution >= 0.6 is 0 Å². The van der Waals surface area contributed by atoms with Crippen LogP contribution in [0.15, 0.2) is 48.5 Å². The van der Waals surface area contributed by atoms with Gasteiger partial charge in [-0.25, -0.2) is 4.39 Å². The summed E-state index contributed by atoms with van der Waals surface area (Å²) in [6.07, 6.45) is 0.979. The molecule has 26 heavy (non-hydrogen) atoms. The number of halogens is 1. The normalized spacial score (nSPS) is 11.4. The molecular weight excluding hydrogens is 357 g/mol. The van der Waals surface area contributed by atoms with Crippen molar-refractivity contribution in [1.82, 2.24) is 4.90 Å². The van der Waals surface area contributed by atoms with E-state index in [4.69, 9.17) is 4.18 Å². The van der Waals surface area contributed by atoms with Gasteiger partial charge < -0.3 is 9.08 Å². The van der Waals surface area contributed by atoms with Gasteiger partial charge >= 0.3 is 10.1 Å². The molecule has 2 aromatic rings. The fourth-order valence-corrected chi connectivity index (χ4v) is 2.89. The smallest absolute Gasteiger partial charge is 0.306 e. The molecule has 0 saturated carbocycles. The Hall–Kier alpha value is -2.41. The van der Waals surface area contributed by atoms with E-state index in [1.165, 1.54) is 12.1 Å². The number of carbonyl (C=O) groups excluding carboxylic acids is 1. The molecule has 5 nitrogen and oxygen atoms in total. The minimum absolute atomic E-state index is 0.0224. The summed E-state index contributed by atoms with van der Waals surface area (Å²) in [7, 11) is -3.58. The van der Waals surface area contributed by atoms with E-state index in [0.29, 0.717) is 13.1 Å². The van der Waals surface area contributed by atoms with Crippen molar-refractivity contribution in [3.63, 3.8) is 0 Å². The molecule has 0 N–H and O–H groups in total. The molecule has 0 aliphatic carbocycles. The van der Waals surface area contributed by atoms with E-state index in [9.17, 15) is 17.6 Å². The third-order valence-corrected chi connectivity index (χ3v) is 4.13. The van der Waals surface area contributed by atoms with E-state index < -0.39 is 10.1 Å². The quantitative estimate of drug-likeness (QED) is 0.692. The van der Waals surface area contributed by atoms with Crippen LogP contribution in [0, 0.1) is 11.7 Å². The van der Waals surface area contributed by atoms with Crippen LogP contribution in [-0.4, -0.2) is 25.5 Å². The van der Waals surface area contributed by atoms with Gasteiger partial charge in [-0.05, 0) is 35.4 Å². The Morgan fingerprint density at radius 3 is 1.88 bits per heavy atom. The van der Waals surface area contributed by atoms with Crippen LogP contribution in [0.25, 0.3) is 0 Å². The predicted octanol–water partition coefficient (Wildman–Crippen LogP) is 3.35. The zero-order chi connectivity index (χ0) is 19.3. The van der Waals surface area contributed by atoms with Crippen molar-refractivity contribution >= 4 is 16.0 Å². The van der Waals surface area contributed by atoms with Crippen molar-refractivity contribution < 1.29 is 21.8 Å². The molecule has 0 fully saturated rings. The molecule has 0 atom stereocenters. The minimum Gasteiger partial charge on any atom is -0.383 e. The first-order valence-electron chi connectivity index (χ1n) is 8.15. The Labute approximate surface area is 153 Å². The molecule has 2 rings (SSSR count). The minimum atomic E-state index is -3.58. The molecule has 2 aromatic carbocycles. The molecule has 0 saturated heterocycles. The number of hydrogen-bond acceptors (Lipinski definition) is 4. The van der Waals surface area contributed by atoms with Gasteiger partial charge in [-0.15, -0.1) is 0 Å². The highest BCUT2D eigenvalue weighted by Crippen LogP contribution is 2.18. The second-order valence-electron chi connectivity index (χ2n) is 6.41. The Morgan fingerprint density at radius 2 is 1.46 bits per heavy atom. The molecule has 140 valence electrons. The van der Waals surface area contributed by atoms with Crippen molar-refractivity contribution in [3.05, 3.63) is 65.5 Å². The number of carbonyl (C=O) groups is 1. The molecule has 0 unspecified atom stereocenters. The second kappa shape index (κ2) is 8.31. The number of nitrogens with zero attached hydrogens (tertiary/aromatic N) is 1. The molecule has 0 aliphatic heterocycles. The van der Waals surface area contributed by atoms with Gasteiger partial charge in [-0.3, -0.25) is 4.79 Å². The van der Waals surface area contributed by atoms with Crippen LogP contribution in [0.2, 0.25) is 0 Å². The second-order valence-corrected chi connectivity index (χ2v) is 7.98. The van der Waals surface area contributed by atoms with E-state index in [1.807, 2.05) is 13.8 Å². The summed E-state index contributed by atoms with van der Waals surface area (Å²) in [5.41, 5.74) is 1.67. The summed E-state index contributed by atoms with van der Waals surface area (Å²) in [6.45, 7) is 4.36. The van der Waals surface area contributed by atoms with E-state index in [-0.39, 0.29) is 23.4 Å². The van der Waals surface area contributed by atoms with E-state index in [2.05, 4.69) is 0 Å². The Morgan fingerprint density at radius 1 is 1.00 bits per heavy atom. The average molecular weight is 379 g/mol. The van der Waals surface area contributed by atoms with Crippen molar-refractivity contribution in [3.8, 4) is 5.75 Å². The van der Waals surface area contributed by atoms with Gasteiger partial charge in [-0.1, -0.05) is 38.1 Å². The summed E-state index contributed by atoms with van der Waals surface area (Å²) >= 11 is 0. The molecule has 0 radical (unpaired) electrons. The Kier molecular flexibility index (Phi) is 6.37. The van der Waals surface area contributed by atoms with Crippen LogP contribution in [0.4, 0.5) is 4.39 Å². The number of benzene rings is 2. The number of hydrogen-bond donors (Lipinski definition) is 0. The standard InChI is InChI=1S/C19H22FNO4S/c1-14(2)19(22)21(12-15-4-8-17(20)9-5-15)13-16-6-10-18(11-7-16)25-26(3,23)24/h4-11,14H,12-13H2,1-3H3. The molecule has 0 aliphatic rings. The van der Waals surface area contributed by atoms with Gasteiger partial charge in [0, 0.05) is 19.0 Å². The van der Waals surface area contributed by atoms with Crippen LogP contribution in [0.3, 0.4) is 0 Å². The number of amides is 1. The van der Waals surface area contributed by atoms with Crippen LogP contribution in [0.5, 0.6) is 5.75 Å². The topological polar surface area (TPSA) is 63.7 Å². The van der Waals surface area contributed by atoms with Gasteiger partial charge in [0.15, 0.2) is 0 Å². The van der Waals surface area contributed by atoms with E-state index >= 15 is 0 Å². The van der Waals surface area contributed by atoms with Crippen molar-refractivity contribution in [1.29, 1.82) is 0 Å². The third kappa shape index (κ3) is 6.15. The highest BCUT2D eigenvalue weighted by molar-refractivity contribution is 7.86. The average Bonchev–Trinajstić information content (AvgIpc) is 2.56. The van der Waals surface area contributed by atoms with Crippen molar-refractivity contribution in [2.45, 2.75) is 26.9 Å². The lowest BCUT2D eigenvalue weighted by Crippen LogP contribution is -2.33. The van der Waals surface area contributed by atoms with Crippen LogP contribution in [-0.2, 0) is 28.0 Å². The molecular formula is C19H22FNO4S. The fourth-order valence-electron chi connectivity index (χ4n) is 2.43.